The molecule has 4 nitrogen and oxygen atoms in total. The van der Waals surface area contributed by atoms with Crippen LogP contribution in [0.4, 0.5) is 4.39 Å². The fourth-order valence-electron chi connectivity index (χ4n) is 2.73. The molecule has 0 saturated heterocycles. The predicted molar refractivity (Wildman–Crippen MR) is 99.6 cm³/mol. The molecule has 1 heterocycles. The van der Waals surface area contributed by atoms with Crippen LogP contribution >= 0.6 is 11.8 Å². The van der Waals surface area contributed by atoms with Crippen LogP contribution in [0.3, 0.4) is 0 Å². The summed E-state index contributed by atoms with van der Waals surface area (Å²) in [6.07, 6.45) is 0. The molecule has 0 bridgehead atoms. The van der Waals surface area contributed by atoms with E-state index in [1.165, 1.54) is 29.2 Å². The minimum absolute atomic E-state index is 0.107. The van der Waals surface area contributed by atoms with E-state index in [2.05, 4.69) is 0 Å². The second-order valence-corrected chi connectivity index (χ2v) is 7.07. The Morgan fingerprint density at radius 1 is 1.00 bits per heavy atom. The maximum absolute atomic E-state index is 13.2. The van der Waals surface area contributed by atoms with Crippen LogP contribution in [-0.4, -0.2) is 34.2 Å². The quantitative estimate of drug-likeness (QED) is 0.793. The van der Waals surface area contributed by atoms with Crippen molar-refractivity contribution >= 4 is 29.1 Å². The number of aliphatic hydroxyl groups is 1. The minimum Gasteiger partial charge on any atom is -0.396 e. The molecule has 0 atom stereocenters. The average molecular weight is 371 g/mol. The van der Waals surface area contributed by atoms with Crippen LogP contribution in [0.2, 0.25) is 0 Å². The summed E-state index contributed by atoms with van der Waals surface area (Å²) in [6, 6.07) is 13.1. The Morgan fingerprint density at radius 3 is 2.27 bits per heavy atom. The number of aryl methyl sites for hydroxylation is 1. The van der Waals surface area contributed by atoms with Gasteiger partial charge in [-0.1, -0.05) is 42.0 Å². The molecule has 2 aromatic rings. The van der Waals surface area contributed by atoms with Crippen molar-refractivity contribution in [2.45, 2.75) is 13.5 Å². The number of hydrogen-bond donors (Lipinski definition) is 1. The zero-order valence-electron chi connectivity index (χ0n) is 14.2. The Bertz CT molecular complexity index is 860. The fourth-order valence-corrected chi connectivity index (χ4v) is 3.60. The first-order valence-corrected chi connectivity index (χ1v) is 9.15. The van der Waals surface area contributed by atoms with Gasteiger partial charge in [-0.2, -0.15) is 0 Å². The molecule has 1 N–H and O–H groups in total. The summed E-state index contributed by atoms with van der Waals surface area (Å²) in [5.74, 6) is -0.889. The van der Waals surface area contributed by atoms with E-state index in [1.54, 1.807) is 0 Å². The van der Waals surface area contributed by atoms with Crippen LogP contribution in [0.15, 0.2) is 53.4 Å². The highest BCUT2D eigenvalue weighted by Crippen LogP contribution is 2.36. The Balaban J connectivity index is 1.94. The van der Waals surface area contributed by atoms with Crippen molar-refractivity contribution in [1.29, 1.82) is 0 Å². The molecule has 0 unspecified atom stereocenters. The number of hydrogen-bond acceptors (Lipinski definition) is 4. The van der Waals surface area contributed by atoms with Crippen LogP contribution in [0.25, 0.3) is 5.57 Å². The van der Waals surface area contributed by atoms with Gasteiger partial charge < -0.3 is 5.11 Å². The first-order valence-electron chi connectivity index (χ1n) is 8.17. The number of amides is 2. The largest absolute Gasteiger partial charge is 0.396 e. The summed E-state index contributed by atoms with van der Waals surface area (Å²) in [6.45, 7) is 2.03. The molecular weight excluding hydrogens is 353 g/mol. The second kappa shape index (κ2) is 7.85. The molecule has 1 aliphatic rings. The molecule has 1 aliphatic heterocycles. The van der Waals surface area contributed by atoms with Gasteiger partial charge in [0.1, 0.15) is 5.82 Å². The number of aliphatic hydroxyl groups excluding tert-OH is 1. The molecule has 0 aromatic heterocycles. The number of rotatable bonds is 6. The standard InChI is InChI=1S/C20H18FNO3S/c1-13-2-4-14(5-3-13)12-22-19(24)17(15-6-8-16(21)9-7-15)18(20(22)25)26-11-10-23/h2-9,23H,10-12H2,1H3. The first kappa shape index (κ1) is 18.4. The number of benzene rings is 2. The molecule has 0 aliphatic carbocycles. The molecule has 3 rings (SSSR count). The van der Waals surface area contributed by atoms with Crippen molar-refractivity contribution in [1.82, 2.24) is 4.90 Å². The van der Waals surface area contributed by atoms with E-state index in [4.69, 9.17) is 5.11 Å². The van der Waals surface area contributed by atoms with Gasteiger partial charge in [-0.25, -0.2) is 4.39 Å². The van der Waals surface area contributed by atoms with Crippen LogP contribution in [-0.2, 0) is 16.1 Å². The minimum atomic E-state index is -0.410. The fraction of sp³-hybridized carbons (Fsp3) is 0.200. The normalized spacial score (nSPS) is 14.5. The van der Waals surface area contributed by atoms with Crippen molar-refractivity contribution < 1.29 is 19.1 Å². The van der Waals surface area contributed by atoms with Gasteiger partial charge in [-0.05, 0) is 30.2 Å². The molecular formula is C20H18FNO3S. The second-order valence-electron chi connectivity index (χ2n) is 5.97. The SMILES string of the molecule is Cc1ccc(CN2C(=O)C(SCCO)=C(c3ccc(F)cc3)C2=O)cc1. The Morgan fingerprint density at radius 2 is 1.65 bits per heavy atom. The molecule has 0 saturated carbocycles. The van der Waals surface area contributed by atoms with Crippen molar-refractivity contribution in [3.8, 4) is 0 Å². The van der Waals surface area contributed by atoms with Gasteiger partial charge in [0.05, 0.1) is 23.6 Å². The van der Waals surface area contributed by atoms with E-state index in [1.807, 2.05) is 31.2 Å². The summed E-state index contributed by atoms with van der Waals surface area (Å²) in [4.78, 5) is 27.2. The maximum atomic E-state index is 13.2. The molecule has 0 fully saturated rings. The lowest BCUT2D eigenvalue weighted by Gasteiger charge is -2.15. The molecule has 0 radical (unpaired) electrons. The number of halogens is 1. The van der Waals surface area contributed by atoms with Crippen molar-refractivity contribution in [3.63, 3.8) is 0 Å². The Hall–Kier alpha value is -2.44. The number of carbonyl (C=O) groups excluding carboxylic acids is 2. The van der Waals surface area contributed by atoms with Crippen LogP contribution in [0.1, 0.15) is 16.7 Å². The van der Waals surface area contributed by atoms with E-state index in [0.717, 1.165) is 22.9 Å². The highest BCUT2D eigenvalue weighted by atomic mass is 32.2. The number of thioether (sulfide) groups is 1. The third kappa shape index (κ3) is 3.71. The average Bonchev–Trinajstić information content (AvgIpc) is 2.87. The van der Waals surface area contributed by atoms with Crippen LogP contribution in [0, 0.1) is 12.7 Å². The van der Waals surface area contributed by atoms with Crippen LogP contribution < -0.4 is 0 Å². The predicted octanol–water partition coefficient (Wildman–Crippen LogP) is 3.14. The summed E-state index contributed by atoms with van der Waals surface area (Å²) >= 11 is 1.14. The van der Waals surface area contributed by atoms with E-state index in [0.29, 0.717) is 16.2 Å². The molecule has 2 amide bonds. The van der Waals surface area contributed by atoms with Crippen LogP contribution in [0.5, 0.6) is 0 Å². The van der Waals surface area contributed by atoms with Gasteiger partial charge in [0, 0.05) is 5.75 Å². The zero-order valence-corrected chi connectivity index (χ0v) is 15.1. The van der Waals surface area contributed by atoms with Gasteiger partial charge in [0.25, 0.3) is 11.8 Å². The first-order chi connectivity index (χ1) is 12.5. The van der Waals surface area contributed by atoms with Crippen molar-refractivity contribution in [2.75, 3.05) is 12.4 Å². The molecule has 0 spiro atoms. The summed E-state index contributed by atoms with van der Waals surface area (Å²) in [5.41, 5.74) is 2.71. The molecule has 26 heavy (non-hydrogen) atoms. The van der Waals surface area contributed by atoms with Gasteiger partial charge >= 0.3 is 0 Å². The van der Waals surface area contributed by atoms with Crippen molar-refractivity contribution in [3.05, 3.63) is 75.9 Å². The Labute approximate surface area is 155 Å². The summed E-state index contributed by atoms with van der Waals surface area (Å²) < 4.78 is 13.2. The third-order valence-corrected chi connectivity index (χ3v) is 5.11. The number of carbonyl (C=O) groups is 2. The topological polar surface area (TPSA) is 57.6 Å². The molecule has 134 valence electrons. The number of nitrogens with zero attached hydrogens (tertiary/aromatic N) is 1. The summed E-state index contributed by atoms with van der Waals surface area (Å²) in [7, 11) is 0. The molecule has 2 aromatic carbocycles. The highest BCUT2D eigenvalue weighted by molar-refractivity contribution is 8.04. The summed E-state index contributed by atoms with van der Waals surface area (Å²) in [5, 5.41) is 9.10. The smallest absolute Gasteiger partial charge is 0.268 e. The van der Waals surface area contributed by atoms with Gasteiger partial charge in [-0.15, -0.1) is 11.8 Å². The maximum Gasteiger partial charge on any atom is 0.268 e. The van der Waals surface area contributed by atoms with E-state index in [-0.39, 0.29) is 24.6 Å². The van der Waals surface area contributed by atoms with Gasteiger partial charge in [-0.3, -0.25) is 14.5 Å². The van der Waals surface area contributed by atoms with Gasteiger partial charge in [0.2, 0.25) is 0 Å². The third-order valence-electron chi connectivity index (χ3n) is 4.06. The zero-order chi connectivity index (χ0) is 18.7. The highest BCUT2D eigenvalue weighted by Gasteiger charge is 2.39. The lowest BCUT2D eigenvalue weighted by Crippen LogP contribution is -2.31. The van der Waals surface area contributed by atoms with Crippen molar-refractivity contribution in [2.24, 2.45) is 0 Å². The lowest BCUT2D eigenvalue weighted by molar-refractivity contribution is -0.137. The van der Waals surface area contributed by atoms with E-state index >= 15 is 0 Å². The Kier molecular flexibility index (Phi) is 5.54. The van der Waals surface area contributed by atoms with E-state index in [9.17, 15) is 14.0 Å². The lowest BCUT2D eigenvalue weighted by atomic mass is 10.1. The van der Waals surface area contributed by atoms with E-state index < -0.39 is 11.7 Å². The number of imide groups is 1. The molecule has 6 heteroatoms. The van der Waals surface area contributed by atoms with Gasteiger partial charge in [0.15, 0.2) is 0 Å². The monoisotopic (exact) mass is 371 g/mol.